The number of piperazine rings is 1. The first kappa shape index (κ1) is 21.4. The van der Waals surface area contributed by atoms with Gasteiger partial charge in [-0.1, -0.05) is 6.07 Å². The van der Waals surface area contributed by atoms with Crippen LogP contribution >= 0.6 is 11.3 Å². The summed E-state index contributed by atoms with van der Waals surface area (Å²) in [6.45, 7) is 7.59. The van der Waals surface area contributed by atoms with Crippen LogP contribution < -0.4 is 9.64 Å². The molecule has 1 saturated heterocycles. The third-order valence-electron chi connectivity index (χ3n) is 6.55. The first-order valence-electron chi connectivity index (χ1n) is 11.6. The summed E-state index contributed by atoms with van der Waals surface area (Å²) in [5, 5.41) is 3.58. The van der Waals surface area contributed by atoms with Crippen molar-refractivity contribution < 1.29 is 9.53 Å². The van der Waals surface area contributed by atoms with Crippen molar-refractivity contribution in [3.05, 3.63) is 59.0 Å². The van der Waals surface area contributed by atoms with E-state index < -0.39 is 0 Å². The number of hydrogen-bond donors (Lipinski definition) is 0. The minimum Gasteiger partial charge on any atom is -0.494 e. The average molecular weight is 450 g/mol. The van der Waals surface area contributed by atoms with Crippen LogP contribution in [0.1, 0.15) is 28.8 Å². The molecule has 0 radical (unpaired) electrons. The number of likely N-dealkylation sites (N-methyl/N-ethyl adjacent to an activating group) is 1. The van der Waals surface area contributed by atoms with E-state index in [0.29, 0.717) is 6.54 Å². The molecule has 6 heteroatoms. The molecule has 32 heavy (non-hydrogen) atoms. The molecule has 5 rings (SSSR count). The van der Waals surface area contributed by atoms with Crippen LogP contribution in [-0.4, -0.2) is 68.5 Å². The van der Waals surface area contributed by atoms with Crippen LogP contribution in [0.15, 0.2) is 47.8 Å². The smallest absolute Gasteiger partial charge is 0.177 e. The van der Waals surface area contributed by atoms with Crippen LogP contribution in [-0.2, 0) is 6.54 Å². The number of carbonyl (C=O) groups is 1. The highest BCUT2D eigenvalue weighted by Gasteiger charge is 2.21. The number of rotatable bonds is 7. The fourth-order valence-electron chi connectivity index (χ4n) is 4.83. The van der Waals surface area contributed by atoms with Gasteiger partial charge in [-0.25, -0.2) is 0 Å². The number of ketones is 1. The third kappa shape index (κ3) is 4.68. The van der Waals surface area contributed by atoms with Crippen molar-refractivity contribution in [3.63, 3.8) is 0 Å². The van der Waals surface area contributed by atoms with Crippen molar-refractivity contribution in [2.45, 2.75) is 19.4 Å². The summed E-state index contributed by atoms with van der Waals surface area (Å²) in [6.07, 6.45) is 2.19. The molecule has 0 saturated carbocycles. The number of benzene rings is 2. The van der Waals surface area contributed by atoms with Gasteiger partial charge >= 0.3 is 0 Å². The number of ether oxygens (including phenoxy) is 1. The van der Waals surface area contributed by atoms with E-state index in [4.69, 9.17) is 4.74 Å². The summed E-state index contributed by atoms with van der Waals surface area (Å²) in [5.74, 6) is 1.08. The second kappa shape index (κ2) is 9.61. The van der Waals surface area contributed by atoms with Crippen molar-refractivity contribution in [1.29, 1.82) is 0 Å². The Bertz CT molecular complexity index is 1090. The van der Waals surface area contributed by atoms with Gasteiger partial charge in [0, 0.05) is 54.1 Å². The fourth-order valence-corrected chi connectivity index (χ4v) is 5.64. The first-order chi connectivity index (χ1) is 15.7. The zero-order valence-corrected chi connectivity index (χ0v) is 19.6. The molecule has 1 aromatic heterocycles. The zero-order valence-electron chi connectivity index (χ0n) is 18.8. The highest BCUT2D eigenvalue weighted by Crippen LogP contribution is 2.31. The number of nitrogens with zero attached hydrogens (tertiary/aromatic N) is 3. The average Bonchev–Trinajstić information content (AvgIpc) is 3.28. The van der Waals surface area contributed by atoms with Crippen LogP contribution in [0.2, 0.25) is 0 Å². The summed E-state index contributed by atoms with van der Waals surface area (Å²) in [6, 6.07) is 14.8. The van der Waals surface area contributed by atoms with Gasteiger partial charge in [-0.3, -0.25) is 14.6 Å². The number of hydrogen-bond acceptors (Lipinski definition) is 6. The highest BCUT2D eigenvalue weighted by molar-refractivity contribution is 7.17. The van der Waals surface area contributed by atoms with Crippen LogP contribution in [0.4, 0.5) is 5.69 Å². The van der Waals surface area contributed by atoms with E-state index >= 15 is 0 Å². The largest absolute Gasteiger partial charge is 0.494 e. The Labute approximate surface area is 194 Å². The van der Waals surface area contributed by atoms with Gasteiger partial charge in [-0.15, -0.1) is 11.3 Å². The monoisotopic (exact) mass is 449 g/mol. The third-order valence-corrected chi connectivity index (χ3v) is 7.44. The maximum Gasteiger partial charge on any atom is 0.177 e. The van der Waals surface area contributed by atoms with Gasteiger partial charge in [0.1, 0.15) is 5.75 Å². The van der Waals surface area contributed by atoms with Crippen molar-refractivity contribution in [2.24, 2.45) is 0 Å². The maximum atomic E-state index is 12.1. The van der Waals surface area contributed by atoms with E-state index in [0.717, 1.165) is 75.6 Å². The number of anilines is 1. The first-order valence-corrected chi connectivity index (χ1v) is 12.5. The molecule has 2 aromatic carbocycles. The lowest BCUT2D eigenvalue weighted by atomic mass is 9.99. The van der Waals surface area contributed by atoms with Crippen molar-refractivity contribution in [1.82, 2.24) is 9.80 Å². The Balaban J connectivity index is 1.04. The van der Waals surface area contributed by atoms with Gasteiger partial charge in [0.05, 0.1) is 13.2 Å². The van der Waals surface area contributed by atoms with Gasteiger partial charge in [-0.2, -0.15) is 0 Å². The van der Waals surface area contributed by atoms with Gasteiger partial charge in [0.25, 0.3) is 0 Å². The van der Waals surface area contributed by atoms with E-state index in [1.165, 1.54) is 15.8 Å². The van der Waals surface area contributed by atoms with Crippen molar-refractivity contribution >= 4 is 32.9 Å². The molecule has 0 N–H and O–H groups in total. The lowest BCUT2D eigenvalue weighted by molar-refractivity contribution is 0.0922. The molecule has 0 atom stereocenters. The van der Waals surface area contributed by atoms with Gasteiger partial charge < -0.3 is 9.64 Å². The topological polar surface area (TPSA) is 36.0 Å². The molecule has 0 aliphatic carbocycles. The number of unbranched alkanes of at least 4 members (excludes halogenated alkanes) is 1. The molecule has 168 valence electrons. The van der Waals surface area contributed by atoms with Gasteiger partial charge in [0.15, 0.2) is 5.78 Å². The van der Waals surface area contributed by atoms with Crippen molar-refractivity contribution in [3.8, 4) is 5.75 Å². The number of thiophene rings is 1. The lowest BCUT2D eigenvalue weighted by Gasteiger charge is -2.36. The summed E-state index contributed by atoms with van der Waals surface area (Å²) in [5.41, 5.74) is 3.32. The van der Waals surface area contributed by atoms with Crippen LogP contribution in [0, 0.1) is 0 Å². The summed E-state index contributed by atoms with van der Waals surface area (Å²) in [7, 11) is 1.98. The molecule has 0 unspecified atom stereocenters. The molecular weight excluding hydrogens is 418 g/mol. The molecular formula is C26H31N3O2S. The molecule has 0 bridgehead atoms. The van der Waals surface area contributed by atoms with E-state index in [2.05, 4.69) is 44.3 Å². The minimum atomic E-state index is 0.201. The Hall–Kier alpha value is -2.41. The second-order valence-corrected chi connectivity index (χ2v) is 9.86. The minimum absolute atomic E-state index is 0.201. The van der Waals surface area contributed by atoms with E-state index in [1.807, 2.05) is 36.6 Å². The molecule has 2 aliphatic rings. The van der Waals surface area contributed by atoms with Crippen LogP contribution in [0.3, 0.4) is 0 Å². The Morgan fingerprint density at radius 2 is 1.88 bits per heavy atom. The summed E-state index contributed by atoms with van der Waals surface area (Å²) in [4.78, 5) is 19.3. The second-order valence-electron chi connectivity index (χ2n) is 8.91. The lowest BCUT2D eigenvalue weighted by Crippen LogP contribution is -2.46. The predicted molar refractivity (Wildman–Crippen MR) is 132 cm³/mol. The molecule has 3 heterocycles. The number of fused-ring (bicyclic) bond motifs is 2. The molecule has 3 aromatic rings. The SMILES string of the molecule is CN1CC(=O)c2ccc(OCCCCN3CCN(c4cccc5sccc45)CC3)cc2C1. The summed E-state index contributed by atoms with van der Waals surface area (Å²) >= 11 is 1.82. The van der Waals surface area contributed by atoms with Crippen molar-refractivity contribution in [2.75, 3.05) is 57.8 Å². The van der Waals surface area contributed by atoms with Crippen LogP contribution in [0.25, 0.3) is 10.1 Å². The van der Waals surface area contributed by atoms with E-state index in [1.54, 1.807) is 0 Å². The van der Waals surface area contributed by atoms with Crippen LogP contribution in [0.5, 0.6) is 5.75 Å². The molecule has 1 fully saturated rings. The normalized spacial score (nSPS) is 17.7. The predicted octanol–water partition coefficient (Wildman–Crippen LogP) is 4.51. The highest BCUT2D eigenvalue weighted by atomic mass is 32.1. The summed E-state index contributed by atoms with van der Waals surface area (Å²) < 4.78 is 7.36. The molecule has 0 spiro atoms. The van der Waals surface area contributed by atoms with Gasteiger partial charge in [-0.05, 0) is 73.8 Å². The molecule has 2 aliphatic heterocycles. The Kier molecular flexibility index (Phi) is 6.44. The van der Waals surface area contributed by atoms with E-state index in [9.17, 15) is 4.79 Å². The maximum absolute atomic E-state index is 12.1. The quantitative estimate of drug-likeness (QED) is 0.496. The standard InChI is InChI=1S/C26H31N3O2S/c1-27-18-20-17-21(7-8-22(20)25(30)19-27)31-15-3-2-10-28-11-13-29(14-12-28)24-5-4-6-26-23(24)9-16-32-26/h4-9,16-17H,2-3,10-15,18-19H2,1H3. The zero-order chi connectivity index (χ0) is 21.9. The Morgan fingerprint density at radius 3 is 2.75 bits per heavy atom. The number of Topliss-reactive ketones (excluding diaryl/α,β-unsaturated/α-hetero) is 1. The fraction of sp³-hybridized carbons (Fsp3) is 0.423. The molecule has 0 amide bonds. The van der Waals surface area contributed by atoms with E-state index in [-0.39, 0.29) is 5.78 Å². The van der Waals surface area contributed by atoms with Gasteiger partial charge in [0.2, 0.25) is 0 Å². The molecule has 5 nitrogen and oxygen atoms in total. The Morgan fingerprint density at radius 1 is 1.00 bits per heavy atom. The number of carbonyl (C=O) groups excluding carboxylic acids is 1.